The van der Waals surface area contributed by atoms with Crippen molar-refractivity contribution in [3.05, 3.63) is 30.3 Å². The quantitative estimate of drug-likeness (QED) is 0.648. The molecule has 3 atom stereocenters. The molecule has 2 N–H and O–H groups in total. The summed E-state index contributed by atoms with van der Waals surface area (Å²) in [5.74, 6) is -0.0934. The average molecular weight is 457 g/mol. The summed E-state index contributed by atoms with van der Waals surface area (Å²) in [5.41, 5.74) is 1.15. The number of para-hydroxylation sites is 1. The molecule has 1 aromatic rings. The number of carbonyl (C=O) groups is 3. The molecule has 0 aromatic heterocycles. The first-order valence-corrected chi connectivity index (χ1v) is 12.3. The number of anilines is 1. The van der Waals surface area contributed by atoms with Crippen LogP contribution in [-0.2, 0) is 19.1 Å². The molecular formula is C25H36N4O4. The molecule has 1 saturated carbocycles. The van der Waals surface area contributed by atoms with E-state index in [9.17, 15) is 14.4 Å². The largest absolute Gasteiger partial charge is 0.381 e. The molecule has 8 heteroatoms. The normalized spacial score (nSPS) is 25.7. The van der Waals surface area contributed by atoms with Gasteiger partial charge in [0.15, 0.2) is 0 Å². The van der Waals surface area contributed by atoms with E-state index in [2.05, 4.69) is 34.6 Å². The number of likely N-dealkylation sites (N-methyl/N-ethyl adjacent to an activating group) is 1. The monoisotopic (exact) mass is 456 g/mol. The fraction of sp³-hybridized carbons (Fsp3) is 0.640. The average Bonchev–Trinajstić information content (AvgIpc) is 3.16. The van der Waals surface area contributed by atoms with Gasteiger partial charge >= 0.3 is 0 Å². The highest BCUT2D eigenvalue weighted by molar-refractivity contribution is 5.87. The van der Waals surface area contributed by atoms with Crippen molar-refractivity contribution >= 4 is 23.4 Å². The molecule has 2 aliphatic heterocycles. The molecule has 0 radical (unpaired) electrons. The van der Waals surface area contributed by atoms with Gasteiger partial charge in [0.25, 0.3) is 0 Å². The number of carbonyl (C=O) groups excluding carboxylic acids is 3. The highest BCUT2D eigenvalue weighted by atomic mass is 16.5. The van der Waals surface area contributed by atoms with Crippen LogP contribution in [0.25, 0.3) is 0 Å². The minimum atomic E-state index is -0.134. The van der Waals surface area contributed by atoms with Gasteiger partial charge < -0.3 is 25.2 Å². The number of hydrogen-bond donors (Lipinski definition) is 2. The number of hydrogen-bond acceptors (Lipinski definition) is 5. The van der Waals surface area contributed by atoms with Gasteiger partial charge in [0.05, 0.1) is 6.54 Å². The van der Waals surface area contributed by atoms with Crippen molar-refractivity contribution in [2.75, 3.05) is 50.8 Å². The molecule has 2 heterocycles. The number of amides is 3. The first-order valence-electron chi connectivity index (χ1n) is 12.3. The number of nitrogens with zero attached hydrogens (tertiary/aromatic N) is 2. The first-order chi connectivity index (χ1) is 16.0. The third-order valence-corrected chi connectivity index (χ3v) is 7.27. The second-order valence-corrected chi connectivity index (χ2v) is 9.41. The lowest BCUT2D eigenvalue weighted by Gasteiger charge is -2.29. The molecule has 0 bridgehead atoms. The lowest BCUT2D eigenvalue weighted by molar-refractivity contribution is -0.141. The lowest BCUT2D eigenvalue weighted by Crippen LogP contribution is -2.43. The van der Waals surface area contributed by atoms with Crippen molar-refractivity contribution in [2.24, 2.45) is 17.8 Å². The molecule has 0 spiro atoms. The van der Waals surface area contributed by atoms with E-state index < -0.39 is 0 Å². The maximum absolute atomic E-state index is 13.0. The molecule has 3 aliphatic rings. The summed E-state index contributed by atoms with van der Waals surface area (Å²) < 4.78 is 5.37. The number of fused-ring (bicyclic) bond motifs is 1. The van der Waals surface area contributed by atoms with Crippen LogP contribution in [0.4, 0.5) is 5.69 Å². The van der Waals surface area contributed by atoms with E-state index in [1.807, 2.05) is 18.2 Å². The van der Waals surface area contributed by atoms with E-state index in [1.54, 1.807) is 4.90 Å². The molecule has 1 aliphatic carbocycles. The summed E-state index contributed by atoms with van der Waals surface area (Å²) >= 11 is 0. The summed E-state index contributed by atoms with van der Waals surface area (Å²) in [7, 11) is 0. The Bertz CT molecular complexity index is 827. The lowest BCUT2D eigenvalue weighted by atomic mass is 9.97. The molecule has 33 heavy (non-hydrogen) atoms. The number of nitrogens with one attached hydrogen (secondary N) is 2. The highest BCUT2D eigenvalue weighted by Crippen LogP contribution is 2.34. The predicted molar refractivity (Wildman–Crippen MR) is 126 cm³/mol. The minimum Gasteiger partial charge on any atom is -0.381 e. The van der Waals surface area contributed by atoms with Crippen LogP contribution in [0, 0.1) is 17.8 Å². The topological polar surface area (TPSA) is 91.0 Å². The summed E-state index contributed by atoms with van der Waals surface area (Å²) in [6, 6.07) is 10.1. The molecule has 4 rings (SSSR count). The summed E-state index contributed by atoms with van der Waals surface area (Å²) in [5, 5.41) is 6.17. The van der Waals surface area contributed by atoms with Gasteiger partial charge in [-0.1, -0.05) is 18.2 Å². The van der Waals surface area contributed by atoms with Gasteiger partial charge in [-0.15, -0.1) is 0 Å². The fourth-order valence-electron chi connectivity index (χ4n) is 5.43. The van der Waals surface area contributed by atoms with Crippen molar-refractivity contribution in [3.8, 4) is 0 Å². The van der Waals surface area contributed by atoms with Crippen LogP contribution in [0.15, 0.2) is 30.3 Å². The molecule has 2 saturated heterocycles. The van der Waals surface area contributed by atoms with Crippen molar-refractivity contribution in [2.45, 2.75) is 38.6 Å². The van der Waals surface area contributed by atoms with Crippen LogP contribution in [0.1, 0.15) is 32.6 Å². The first kappa shape index (κ1) is 23.5. The van der Waals surface area contributed by atoms with Gasteiger partial charge in [-0.3, -0.25) is 14.4 Å². The maximum Gasteiger partial charge on any atom is 0.239 e. The van der Waals surface area contributed by atoms with Crippen LogP contribution < -0.4 is 15.5 Å². The van der Waals surface area contributed by atoms with Crippen LogP contribution in [0.2, 0.25) is 0 Å². The van der Waals surface area contributed by atoms with E-state index in [4.69, 9.17) is 4.74 Å². The second-order valence-electron chi connectivity index (χ2n) is 9.41. The SMILES string of the molecule is CCN(CCNC(=O)[C@H]1C[C@@H]2CN(C(=O)C3CCOCC3)CC(=O)N[C@@H]2C1)c1ccccc1. The van der Waals surface area contributed by atoms with Crippen LogP contribution in [0.5, 0.6) is 0 Å². The standard InChI is InChI=1S/C25H36N4O4/c1-2-28(21-6-4-3-5-7-21)11-10-26-24(31)19-14-20-16-29(17-23(30)27-22(20)15-19)25(32)18-8-12-33-13-9-18/h3-7,18-20,22H,2,8-17H2,1H3,(H,26,31)(H,27,30)/t19-,20+,22+/m0/s1. The Morgan fingerprint density at radius 1 is 1.15 bits per heavy atom. The summed E-state index contributed by atoms with van der Waals surface area (Å²) in [6.45, 7) is 6.17. The second kappa shape index (κ2) is 11.0. The Balaban J connectivity index is 1.29. The third-order valence-electron chi connectivity index (χ3n) is 7.27. The molecular weight excluding hydrogens is 420 g/mol. The van der Waals surface area contributed by atoms with Gasteiger partial charge in [0, 0.05) is 63.0 Å². The molecule has 180 valence electrons. The molecule has 8 nitrogen and oxygen atoms in total. The number of benzene rings is 1. The minimum absolute atomic E-state index is 0.0443. The molecule has 3 fully saturated rings. The van der Waals surface area contributed by atoms with Crippen molar-refractivity contribution < 1.29 is 19.1 Å². The Morgan fingerprint density at radius 3 is 2.64 bits per heavy atom. The van der Waals surface area contributed by atoms with E-state index in [1.165, 1.54) is 0 Å². The Labute approximate surface area is 196 Å². The van der Waals surface area contributed by atoms with Crippen molar-refractivity contribution in [1.29, 1.82) is 0 Å². The Hall–Kier alpha value is -2.61. The fourth-order valence-corrected chi connectivity index (χ4v) is 5.43. The maximum atomic E-state index is 13.0. The zero-order valence-corrected chi connectivity index (χ0v) is 19.5. The zero-order valence-electron chi connectivity index (χ0n) is 19.5. The van der Waals surface area contributed by atoms with Crippen LogP contribution in [0.3, 0.4) is 0 Å². The summed E-state index contributed by atoms with van der Waals surface area (Å²) in [6.07, 6.45) is 2.77. The van der Waals surface area contributed by atoms with E-state index >= 15 is 0 Å². The van der Waals surface area contributed by atoms with Gasteiger partial charge in [-0.05, 0) is 50.7 Å². The number of rotatable bonds is 7. The van der Waals surface area contributed by atoms with Gasteiger partial charge in [0.1, 0.15) is 0 Å². The van der Waals surface area contributed by atoms with Crippen molar-refractivity contribution in [1.82, 2.24) is 15.5 Å². The third kappa shape index (κ3) is 5.85. The molecule has 3 amide bonds. The van der Waals surface area contributed by atoms with Crippen LogP contribution in [-0.4, -0.2) is 74.6 Å². The van der Waals surface area contributed by atoms with Gasteiger partial charge in [0.2, 0.25) is 17.7 Å². The van der Waals surface area contributed by atoms with Crippen molar-refractivity contribution in [3.63, 3.8) is 0 Å². The van der Waals surface area contributed by atoms with Gasteiger partial charge in [-0.25, -0.2) is 0 Å². The summed E-state index contributed by atoms with van der Waals surface area (Å²) in [4.78, 5) is 42.3. The zero-order chi connectivity index (χ0) is 23.2. The van der Waals surface area contributed by atoms with E-state index in [-0.39, 0.29) is 48.1 Å². The van der Waals surface area contributed by atoms with Crippen LogP contribution >= 0.6 is 0 Å². The predicted octanol–water partition coefficient (Wildman–Crippen LogP) is 1.41. The van der Waals surface area contributed by atoms with E-state index in [0.29, 0.717) is 52.0 Å². The van der Waals surface area contributed by atoms with Gasteiger partial charge in [-0.2, -0.15) is 0 Å². The molecule has 1 aromatic carbocycles. The number of ether oxygens (including phenoxy) is 1. The highest BCUT2D eigenvalue weighted by Gasteiger charge is 2.42. The van der Waals surface area contributed by atoms with E-state index in [0.717, 1.165) is 18.8 Å². The molecule has 0 unspecified atom stereocenters. The Kier molecular flexibility index (Phi) is 7.85. The smallest absolute Gasteiger partial charge is 0.239 e. The Morgan fingerprint density at radius 2 is 1.91 bits per heavy atom.